The molecule has 6 heteroatoms. The first-order valence-corrected chi connectivity index (χ1v) is 11.0. The van der Waals surface area contributed by atoms with E-state index < -0.39 is 0 Å². The van der Waals surface area contributed by atoms with E-state index in [1.54, 1.807) is 0 Å². The zero-order valence-electron chi connectivity index (χ0n) is 17.9. The van der Waals surface area contributed by atoms with E-state index >= 15 is 0 Å². The van der Waals surface area contributed by atoms with Crippen LogP contribution in [-0.4, -0.2) is 50.1 Å². The number of nitrogens with one attached hydrogen (secondary N) is 1. The van der Waals surface area contributed by atoms with Crippen LogP contribution in [0.2, 0.25) is 0 Å². The van der Waals surface area contributed by atoms with Gasteiger partial charge < -0.3 is 20.0 Å². The Balaban J connectivity index is 0.000000514. The average molecular weight is 435 g/mol. The van der Waals surface area contributed by atoms with Gasteiger partial charge in [-0.25, -0.2) is 0 Å². The second-order valence-electron chi connectivity index (χ2n) is 8.11. The van der Waals surface area contributed by atoms with Crippen LogP contribution in [0.4, 0.5) is 0 Å². The Morgan fingerprint density at radius 1 is 1.07 bits per heavy atom. The largest absolute Gasteiger partial charge is 0.396 e. The maximum atomic E-state index is 11.3. The molecule has 2 rings (SSSR count). The van der Waals surface area contributed by atoms with E-state index in [-0.39, 0.29) is 18.6 Å². The number of hydrogen-bond acceptors (Lipinski definition) is 5. The molecular weight excluding hydrogens is 393 g/mol. The molecule has 0 bridgehead atoms. The zero-order chi connectivity index (χ0) is 19.9. The van der Waals surface area contributed by atoms with Gasteiger partial charge in [-0.1, -0.05) is 6.92 Å². The maximum absolute atomic E-state index is 11.3. The molecule has 2 N–H and O–H groups in total. The molecule has 0 unspecified atom stereocenters. The van der Waals surface area contributed by atoms with Crippen LogP contribution >= 0.6 is 0 Å². The Bertz CT molecular complexity index is 392. The number of aldehydes is 1. The number of carbonyl (C=O) groups is 2. The Kier molecular flexibility index (Phi) is 17.5. The van der Waals surface area contributed by atoms with E-state index in [0.29, 0.717) is 49.2 Å². The molecule has 0 saturated heterocycles. The molecule has 2 aliphatic carbocycles. The van der Waals surface area contributed by atoms with Crippen molar-refractivity contribution in [2.24, 2.45) is 17.8 Å². The van der Waals surface area contributed by atoms with Gasteiger partial charge in [-0.15, -0.1) is 0 Å². The van der Waals surface area contributed by atoms with Crippen molar-refractivity contribution in [3.63, 3.8) is 0 Å². The summed E-state index contributed by atoms with van der Waals surface area (Å²) in [5.41, 5.74) is 0. The molecule has 2 fully saturated rings. The third kappa shape index (κ3) is 11.7. The van der Waals surface area contributed by atoms with Crippen LogP contribution < -0.4 is 5.32 Å². The summed E-state index contributed by atoms with van der Waals surface area (Å²) in [6.45, 7) is 3.84. The molecule has 5 nitrogen and oxygen atoms in total. The average Bonchev–Trinajstić information content (AvgIpc) is 2.74. The van der Waals surface area contributed by atoms with Gasteiger partial charge in [0, 0.05) is 63.2 Å². The van der Waals surface area contributed by atoms with Crippen LogP contribution in [0.1, 0.15) is 77.6 Å². The van der Waals surface area contributed by atoms with Crippen molar-refractivity contribution in [3.8, 4) is 0 Å². The molecule has 0 aromatic heterocycles. The van der Waals surface area contributed by atoms with Gasteiger partial charge in [0.05, 0.1) is 0 Å². The van der Waals surface area contributed by atoms with E-state index in [1.165, 1.54) is 25.7 Å². The zero-order valence-corrected chi connectivity index (χ0v) is 19.3. The minimum Gasteiger partial charge on any atom is -0.396 e. The molecule has 0 aliphatic heterocycles. The number of unbranched alkanes of at least 4 members (excludes halogenated alkanes) is 1. The fourth-order valence-electron chi connectivity index (χ4n) is 4.09. The molecule has 2 aliphatic rings. The first-order valence-electron chi connectivity index (χ1n) is 11.0. The topological polar surface area (TPSA) is 75.6 Å². The third-order valence-corrected chi connectivity index (χ3v) is 6.13. The van der Waals surface area contributed by atoms with Gasteiger partial charge in [0.25, 0.3) is 0 Å². The fraction of sp³-hybridized carbons (Fsp3) is 0.909. The van der Waals surface area contributed by atoms with Crippen LogP contribution in [0.5, 0.6) is 0 Å². The summed E-state index contributed by atoms with van der Waals surface area (Å²) in [4.78, 5) is 21.4. The molecule has 28 heavy (non-hydrogen) atoms. The summed E-state index contributed by atoms with van der Waals surface area (Å²) in [7, 11) is 2.01. The summed E-state index contributed by atoms with van der Waals surface area (Å²) in [5.74, 6) is 2.03. The number of ketones is 1. The number of Topliss-reactive ketones (excluding diaryl/α,β-unsaturated/α-hetero) is 1. The molecule has 1 radical (unpaired) electrons. The van der Waals surface area contributed by atoms with E-state index in [2.05, 4.69) is 5.32 Å². The Morgan fingerprint density at radius 2 is 1.68 bits per heavy atom. The minimum absolute atomic E-state index is 0. The Morgan fingerprint density at radius 3 is 2.18 bits per heavy atom. The van der Waals surface area contributed by atoms with Gasteiger partial charge in [0.15, 0.2) is 0 Å². The third-order valence-electron chi connectivity index (χ3n) is 6.13. The molecule has 0 aromatic rings. The van der Waals surface area contributed by atoms with Crippen LogP contribution in [0.3, 0.4) is 0 Å². The van der Waals surface area contributed by atoms with Gasteiger partial charge >= 0.3 is 0 Å². The summed E-state index contributed by atoms with van der Waals surface area (Å²) in [5, 5.41) is 12.3. The van der Waals surface area contributed by atoms with Crippen molar-refractivity contribution in [3.05, 3.63) is 0 Å². The second kappa shape index (κ2) is 17.6. The Labute approximate surface area is 183 Å². The van der Waals surface area contributed by atoms with Gasteiger partial charge in [0.1, 0.15) is 12.1 Å². The summed E-state index contributed by atoms with van der Waals surface area (Å²) in [6, 6.07) is 0.658. The molecule has 0 aromatic carbocycles. The van der Waals surface area contributed by atoms with E-state index in [9.17, 15) is 9.59 Å². The first-order chi connectivity index (χ1) is 13.1. The van der Waals surface area contributed by atoms with Crippen molar-refractivity contribution in [2.75, 3.05) is 26.9 Å². The SMILES string of the molecule is CCC(=O)C1CCC(NC)CC1.O=CCCCOCC1CCC(CO)CC1.[V]. The maximum Gasteiger partial charge on any atom is 0.135 e. The van der Waals surface area contributed by atoms with Crippen LogP contribution in [-0.2, 0) is 32.9 Å². The quantitative estimate of drug-likeness (QED) is 0.407. The van der Waals surface area contributed by atoms with E-state index in [4.69, 9.17) is 9.84 Å². The second-order valence-corrected chi connectivity index (χ2v) is 8.11. The molecular formula is C22H41NO4V. The van der Waals surface area contributed by atoms with E-state index in [0.717, 1.165) is 51.4 Å². The van der Waals surface area contributed by atoms with Crippen LogP contribution in [0, 0.1) is 17.8 Å². The van der Waals surface area contributed by atoms with Gasteiger partial charge in [0.2, 0.25) is 0 Å². The molecule has 163 valence electrons. The smallest absolute Gasteiger partial charge is 0.135 e. The summed E-state index contributed by atoms with van der Waals surface area (Å²) >= 11 is 0. The van der Waals surface area contributed by atoms with Crippen molar-refractivity contribution >= 4 is 12.1 Å². The van der Waals surface area contributed by atoms with Crippen LogP contribution in [0.15, 0.2) is 0 Å². The monoisotopic (exact) mass is 434 g/mol. The molecule has 0 heterocycles. The van der Waals surface area contributed by atoms with Gasteiger partial charge in [-0.3, -0.25) is 4.79 Å². The number of carbonyl (C=O) groups excluding carboxylic acids is 2. The predicted molar refractivity (Wildman–Crippen MR) is 109 cm³/mol. The molecule has 0 amide bonds. The normalized spacial score (nSPS) is 27.1. The number of aliphatic hydroxyl groups is 1. The van der Waals surface area contributed by atoms with Crippen molar-refractivity contribution < 1.29 is 38.0 Å². The number of aliphatic hydroxyl groups excluding tert-OH is 1. The van der Waals surface area contributed by atoms with Gasteiger partial charge in [-0.05, 0) is 76.7 Å². The fourth-order valence-corrected chi connectivity index (χ4v) is 4.09. The minimum atomic E-state index is 0. The number of ether oxygens (including phenoxy) is 1. The summed E-state index contributed by atoms with van der Waals surface area (Å²) in [6.07, 6.45) is 12.3. The van der Waals surface area contributed by atoms with Gasteiger partial charge in [-0.2, -0.15) is 0 Å². The predicted octanol–water partition coefficient (Wildman–Crippen LogP) is 3.52. The standard InChI is InChI=1S/C12H22O3.C10H19NO.V/c13-7-1-2-8-15-10-12-5-3-11(9-14)4-6-12;1-3-10(12)8-4-6-9(11-2)7-5-8;/h7,11-12,14H,1-6,8-10H2;8-9,11H,3-7H2,1-2H3;. The first kappa shape index (κ1) is 27.8. The van der Waals surface area contributed by atoms with Crippen molar-refractivity contribution in [1.82, 2.24) is 5.32 Å². The van der Waals surface area contributed by atoms with Crippen molar-refractivity contribution in [1.29, 1.82) is 0 Å². The Hall–Kier alpha value is -0.196. The number of hydrogen-bond donors (Lipinski definition) is 2. The molecule has 0 atom stereocenters. The number of rotatable bonds is 10. The van der Waals surface area contributed by atoms with E-state index in [1.807, 2.05) is 14.0 Å². The van der Waals surface area contributed by atoms with Crippen LogP contribution in [0.25, 0.3) is 0 Å². The van der Waals surface area contributed by atoms with Crippen molar-refractivity contribution in [2.45, 2.75) is 83.6 Å². The molecule has 2 saturated carbocycles. The summed E-state index contributed by atoms with van der Waals surface area (Å²) < 4.78 is 5.52. The molecule has 0 spiro atoms.